The topological polar surface area (TPSA) is 136 Å². The van der Waals surface area contributed by atoms with Crippen LogP contribution in [0.15, 0.2) is 41.8 Å². The first kappa shape index (κ1) is 26.0. The number of halogens is 2. The molecule has 3 aromatic rings. The lowest BCUT2D eigenvalue weighted by molar-refractivity contribution is -0.134. The van der Waals surface area contributed by atoms with Crippen LogP contribution in [0.5, 0.6) is 11.5 Å². The van der Waals surface area contributed by atoms with E-state index in [1.165, 1.54) is 18.6 Å². The number of thiazole rings is 1. The van der Waals surface area contributed by atoms with Crippen LogP contribution in [-0.4, -0.2) is 60.1 Å². The molecule has 0 bridgehead atoms. The molecule has 2 N–H and O–H groups in total. The van der Waals surface area contributed by atoms with Gasteiger partial charge < -0.3 is 24.8 Å². The van der Waals surface area contributed by atoms with Gasteiger partial charge in [0.15, 0.2) is 34.0 Å². The fourth-order valence-corrected chi connectivity index (χ4v) is 4.85. The number of hydrogen-bond donors (Lipinski definition) is 2. The van der Waals surface area contributed by atoms with Gasteiger partial charge in [-0.3, -0.25) is 9.59 Å². The molecule has 14 heteroatoms. The molecule has 5 rings (SSSR count). The Morgan fingerprint density at radius 2 is 1.92 bits per heavy atom. The second kappa shape index (κ2) is 10.6. The summed E-state index contributed by atoms with van der Waals surface area (Å²) < 4.78 is 43.1. The average molecular weight is 559 g/mol. The lowest BCUT2D eigenvalue weighted by Gasteiger charge is -2.24. The van der Waals surface area contributed by atoms with E-state index in [0.29, 0.717) is 30.3 Å². The van der Waals surface area contributed by atoms with E-state index in [-0.39, 0.29) is 22.8 Å². The van der Waals surface area contributed by atoms with E-state index >= 15 is 0 Å². The highest BCUT2D eigenvalue weighted by molar-refractivity contribution is 7.14. The molecule has 2 aliphatic heterocycles. The Bertz CT molecular complexity index is 1480. The number of hydrogen-bond acceptors (Lipinski definition) is 9. The monoisotopic (exact) mass is 558 g/mol. The SMILES string of the molecule is COC(=O)c1csc(NC(=O)[C@H](Cc2ccc(F)c(F)c2)N2C(=O)N[C@H](c3ccc4c(c3)OCCO4)C2=O)n1. The molecule has 0 aliphatic carbocycles. The molecule has 202 valence electrons. The first-order valence-corrected chi connectivity index (χ1v) is 12.4. The fourth-order valence-electron chi connectivity index (χ4n) is 4.16. The van der Waals surface area contributed by atoms with Crippen molar-refractivity contribution in [2.75, 3.05) is 25.6 Å². The van der Waals surface area contributed by atoms with Gasteiger partial charge in [-0.15, -0.1) is 11.3 Å². The molecule has 11 nitrogen and oxygen atoms in total. The number of amides is 4. The third-order valence-electron chi connectivity index (χ3n) is 6.03. The summed E-state index contributed by atoms with van der Waals surface area (Å²) in [4.78, 5) is 56.4. The predicted molar refractivity (Wildman–Crippen MR) is 131 cm³/mol. The Labute approximate surface area is 223 Å². The number of methoxy groups -OCH3 is 1. The maximum absolute atomic E-state index is 13.9. The first-order valence-electron chi connectivity index (χ1n) is 11.6. The summed E-state index contributed by atoms with van der Waals surface area (Å²) in [5.41, 5.74) is 0.505. The number of esters is 1. The van der Waals surface area contributed by atoms with Crippen molar-refractivity contribution in [3.05, 3.63) is 70.2 Å². The van der Waals surface area contributed by atoms with Crippen molar-refractivity contribution >= 4 is 40.3 Å². The van der Waals surface area contributed by atoms with Gasteiger partial charge in [0, 0.05) is 11.8 Å². The minimum Gasteiger partial charge on any atom is -0.486 e. The van der Waals surface area contributed by atoms with Gasteiger partial charge in [-0.25, -0.2) is 28.3 Å². The predicted octanol–water partition coefficient (Wildman–Crippen LogP) is 2.82. The van der Waals surface area contributed by atoms with Gasteiger partial charge in [-0.05, 0) is 35.4 Å². The van der Waals surface area contributed by atoms with Crippen LogP contribution >= 0.6 is 11.3 Å². The van der Waals surface area contributed by atoms with E-state index in [4.69, 9.17) is 9.47 Å². The molecule has 3 heterocycles. The van der Waals surface area contributed by atoms with E-state index in [9.17, 15) is 28.0 Å². The maximum Gasteiger partial charge on any atom is 0.357 e. The largest absolute Gasteiger partial charge is 0.486 e. The molecule has 2 atom stereocenters. The van der Waals surface area contributed by atoms with Crippen LogP contribution in [0.25, 0.3) is 0 Å². The minimum absolute atomic E-state index is 0.00567. The molecule has 1 saturated heterocycles. The Hall–Kier alpha value is -4.59. The number of nitrogens with one attached hydrogen (secondary N) is 2. The number of carbonyl (C=O) groups excluding carboxylic acids is 4. The summed E-state index contributed by atoms with van der Waals surface area (Å²) in [6.07, 6.45) is -0.328. The van der Waals surface area contributed by atoms with Crippen LogP contribution in [0.4, 0.5) is 18.7 Å². The van der Waals surface area contributed by atoms with E-state index in [2.05, 4.69) is 20.4 Å². The number of nitrogens with zero attached hydrogens (tertiary/aromatic N) is 2. The van der Waals surface area contributed by atoms with Gasteiger partial charge in [0.2, 0.25) is 5.91 Å². The van der Waals surface area contributed by atoms with Gasteiger partial charge in [0.25, 0.3) is 5.91 Å². The maximum atomic E-state index is 13.9. The molecule has 2 aliphatic rings. The minimum atomic E-state index is -1.48. The third-order valence-corrected chi connectivity index (χ3v) is 6.78. The smallest absolute Gasteiger partial charge is 0.357 e. The number of aromatic nitrogens is 1. The number of imide groups is 1. The lowest BCUT2D eigenvalue weighted by Crippen LogP contribution is -2.49. The van der Waals surface area contributed by atoms with Crippen molar-refractivity contribution in [3.8, 4) is 11.5 Å². The molecular formula is C25H20F2N4O7S. The van der Waals surface area contributed by atoms with Gasteiger partial charge in [0.1, 0.15) is 25.3 Å². The Morgan fingerprint density at radius 1 is 1.15 bits per heavy atom. The quantitative estimate of drug-likeness (QED) is 0.334. The summed E-state index contributed by atoms with van der Waals surface area (Å²) in [7, 11) is 1.17. The van der Waals surface area contributed by atoms with Crippen molar-refractivity contribution in [1.29, 1.82) is 0 Å². The normalized spacial score (nSPS) is 17.0. The molecule has 0 radical (unpaired) electrons. The van der Waals surface area contributed by atoms with Crippen molar-refractivity contribution in [2.45, 2.75) is 18.5 Å². The van der Waals surface area contributed by atoms with Crippen LogP contribution in [0.2, 0.25) is 0 Å². The van der Waals surface area contributed by atoms with Crippen molar-refractivity contribution < 1.29 is 42.2 Å². The molecule has 0 unspecified atom stereocenters. The summed E-state index contributed by atoms with van der Waals surface area (Å²) in [5, 5.41) is 6.41. The van der Waals surface area contributed by atoms with Crippen LogP contribution < -0.4 is 20.1 Å². The fraction of sp³-hybridized carbons (Fsp3) is 0.240. The number of benzene rings is 2. The number of carbonyl (C=O) groups is 4. The molecule has 2 aromatic carbocycles. The highest BCUT2D eigenvalue weighted by atomic mass is 32.1. The molecule has 39 heavy (non-hydrogen) atoms. The number of anilines is 1. The summed E-state index contributed by atoms with van der Waals surface area (Å²) >= 11 is 0.921. The highest BCUT2D eigenvalue weighted by Gasteiger charge is 2.45. The second-order valence-corrected chi connectivity index (χ2v) is 9.34. The Kier molecular flexibility index (Phi) is 7.11. The molecule has 1 fully saturated rings. The van der Waals surface area contributed by atoms with Crippen molar-refractivity contribution in [1.82, 2.24) is 15.2 Å². The van der Waals surface area contributed by atoms with Crippen LogP contribution in [-0.2, 0) is 20.7 Å². The second-order valence-electron chi connectivity index (χ2n) is 8.48. The zero-order valence-corrected chi connectivity index (χ0v) is 21.1. The lowest BCUT2D eigenvalue weighted by atomic mass is 10.0. The van der Waals surface area contributed by atoms with Crippen LogP contribution in [0, 0.1) is 11.6 Å². The zero-order chi connectivity index (χ0) is 27.7. The number of ether oxygens (including phenoxy) is 3. The zero-order valence-electron chi connectivity index (χ0n) is 20.2. The Morgan fingerprint density at radius 3 is 2.67 bits per heavy atom. The molecular weight excluding hydrogens is 538 g/mol. The third kappa shape index (κ3) is 5.23. The van der Waals surface area contributed by atoms with E-state index in [0.717, 1.165) is 28.4 Å². The summed E-state index contributed by atoms with van der Waals surface area (Å²) in [6.45, 7) is 0.693. The first-order chi connectivity index (χ1) is 18.7. The van der Waals surface area contributed by atoms with Gasteiger partial charge in [-0.1, -0.05) is 12.1 Å². The molecule has 0 spiro atoms. The number of urea groups is 1. The summed E-state index contributed by atoms with van der Waals surface area (Å²) in [6, 6.07) is 4.29. The average Bonchev–Trinajstić information content (AvgIpc) is 3.52. The van der Waals surface area contributed by atoms with Crippen molar-refractivity contribution in [3.63, 3.8) is 0 Å². The highest BCUT2D eigenvalue weighted by Crippen LogP contribution is 2.35. The van der Waals surface area contributed by atoms with Crippen LogP contribution in [0.1, 0.15) is 27.7 Å². The number of rotatable bonds is 7. The number of fused-ring (bicyclic) bond motifs is 1. The van der Waals surface area contributed by atoms with Crippen LogP contribution in [0.3, 0.4) is 0 Å². The van der Waals surface area contributed by atoms with Gasteiger partial charge in [0.05, 0.1) is 7.11 Å². The summed E-state index contributed by atoms with van der Waals surface area (Å²) in [5.74, 6) is -3.65. The van der Waals surface area contributed by atoms with Crippen molar-refractivity contribution in [2.24, 2.45) is 0 Å². The molecule has 4 amide bonds. The van der Waals surface area contributed by atoms with Gasteiger partial charge in [-0.2, -0.15) is 0 Å². The molecule has 0 saturated carbocycles. The van der Waals surface area contributed by atoms with E-state index in [1.54, 1.807) is 18.2 Å². The standard InChI is InChI=1S/C25H20F2N4O7S/c1-36-23(34)16-11-39-24(28-16)30-21(32)17(9-12-2-4-14(26)15(27)8-12)31-22(33)20(29-25(31)35)13-3-5-18-19(10-13)38-7-6-37-18/h2-5,8,10-11,17,20H,6-7,9H2,1H3,(H,29,35)(H,28,30,32)/t17-,20+/m0/s1. The molecule has 1 aromatic heterocycles. The Balaban J connectivity index is 1.44. The van der Waals surface area contributed by atoms with E-state index in [1.807, 2.05) is 0 Å². The van der Waals surface area contributed by atoms with E-state index < -0.39 is 47.5 Å². The van der Waals surface area contributed by atoms with Gasteiger partial charge >= 0.3 is 12.0 Å².